The lowest BCUT2D eigenvalue weighted by Crippen LogP contribution is -2.54. The number of carbonyl (C=O) groups excluding carboxylic acids is 5. The number of carbonyl (C=O) groups is 5. The van der Waals surface area contributed by atoms with Crippen molar-refractivity contribution in [3.05, 3.63) is 58.9 Å². The molecule has 0 aliphatic carbocycles. The summed E-state index contributed by atoms with van der Waals surface area (Å²) in [5, 5.41) is 5.40. The van der Waals surface area contributed by atoms with Gasteiger partial charge < -0.3 is 11.1 Å². The van der Waals surface area contributed by atoms with Crippen molar-refractivity contribution in [1.29, 1.82) is 0 Å². The monoisotopic (exact) mass is 449 g/mol. The summed E-state index contributed by atoms with van der Waals surface area (Å²) < 4.78 is 0. The van der Waals surface area contributed by atoms with E-state index in [-0.39, 0.29) is 35.6 Å². The van der Waals surface area contributed by atoms with Crippen LogP contribution in [0.3, 0.4) is 0 Å². The van der Waals surface area contributed by atoms with Crippen molar-refractivity contribution in [3.8, 4) is 0 Å². The molecule has 4 N–H and O–H groups in total. The van der Waals surface area contributed by atoms with Crippen LogP contribution in [0.1, 0.15) is 56.5 Å². The molecule has 1 saturated heterocycles. The number of nitrogens with one attached hydrogen (secondary N) is 2. The van der Waals surface area contributed by atoms with Gasteiger partial charge in [0.1, 0.15) is 11.7 Å². The molecule has 4 rings (SSSR count). The minimum Gasteiger partial charge on any atom is -0.384 e. The van der Waals surface area contributed by atoms with Gasteiger partial charge in [0, 0.05) is 24.8 Å². The largest absolute Gasteiger partial charge is 0.384 e. The first-order chi connectivity index (χ1) is 15.8. The minimum atomic E-state index is -1.01. The van der Waals surface area contributed by atoms with Gasteiger partial charge in [0.2, 0.25) is 11.8 Å². The number of fused-ring (bicyclic) bond motifs is 1. The number of primary amides is 1. The average molecular weight is 449 g/mol. The molecule has 5 amide bonds. The van der Waals surface area contributed by atoms with E-state index in [4.69, 9.17) is 5.73 Å². The van der Waals surface area contributed by atoms with Gasteiger partial charge in [-0.05, 0) is 42.5 Å². The normalized spacial score (nSPS) is 18.7. The summed E-state index contributed by atoms with van der Waals surface area (Å²) in [6.45, 7) is 2.42. The first-order valence-corrected chi connectivity index (χ1v) is 10.6. The van der Waals surface area contributed by atoms with Gasteiger partial charge in [-0.1, -0.05) is 19.1 Å². The van der Waals surface area contributed by atoms with E-state index in [1.54, 1.807) is 30.3 Å². The van der Waals surface area contributed by atoms with Crippen LogP contribution in [0, 0.1) is 5.92 Å². The van der Waals surface area contributed by atoms with Crippen molar-refractivity contribution in [2.24, 2.45) is 11.7 Å². The fourth-order valence-corrected chi connectivity index (χ4v) is 4.22. The minimum absolute atomic E-state index is 0.0431. The number of anilines is 1. The lowest BCUT2D eigenvalue weighted by molar-refractivity contribution is -0.136. The SMILES string of the molecule is CC(CNc1cccc2c1C(=O)N(C1CCC(=O)NC1=O)C2=O)Cc1cccnc1C(N)=O. The number of amides is 5. The maximum atomic E-state index is 13.2. The van der Waals surface area contributed by atoms with E-state index >= 15 is 0 Å². The Labute approximate surface area is 189 Å². The fourth-order valence-electron chi connectivity index (χ4n) is 4.22. The molecule has 0 radical (unpaired) electrons. The van der Waals surface area contributed by atoms with Gasteiger partial charge in [-0.15, -0.1) is 0 Å². The number of pyridine rings is 1. The zero-order valence-electron chi connectivity index (χ0n) is 18.0. The molecule has 1 aromatic heterocycles. The molecule has 33 heavy (non-hydrogen) atoms. The molecule has 0 saturated carbocycles. The third-order valence-electron chi connectivity index (χ3n) is 5.80. The van der Waals surface area contributed by atoms with Gasteiger partial charge in [0.05, 0.1) is 11.1 Å². The fraction of sp³-hybridized carbons (Fsp3) is 0.304. The number of hydrogen-bond acceptors (Lipinski definition) is 7. The second-order valence-corrected chi connectivity index (χ2v) is 8.24. The standard InChI is InChI=1S/C23H23N5O5/c1-12(10-13-4-3-9-25-19(13)20(24)30)11-26-15-6-2-5-14-18(15)23(33)28(22(14)32)16-7-8-17(29)27-21(16)31/h2-6,9,12,16,26H,7-8,10-11H2,1H3,(H2,24,30)(H,27,29,31). The highest BCUT2D eigenvalue weighted by Crippen LogP contribution is 2.32. The molecule has 3 heterocycles. The molecule has 10 nitrogen and oxygen atoms in total. The van der Waals surface area contributed by atoms with E-state index in [1.165, 1.54) is 6.20 Å². The van der Waals surface area contributed by atoms with Crippen LogP contribution >= 0.6 is 0 Å². The third-order valence-corrected chi connectivity index (χ3v) is 5.80. The van der Waals surface area contributed by atoms with Crippen molar-refractivity contribution < 1.29 is 24.0 Å². The molecule has 2 aliphatic rings. The molecule has 0 spiro atoms. The Hall–Kier alpha value is -4.08. The van der Waals surface area contributed by atoms with E-state index in [9.17, 15) is 24.0 Å². The van der Waals surface area contributed by atoms with Crippen LogP contribution < -0.4 is 16.4 Å². The Balaban J connectivity index is 1.50. The quantitative estimate of drug-likeness (QED) is 0.531. The first-order valence-electron chi connectivity index (χ1n) is 10.6. The van der Waals surface area contributed by atoms with Gasteiger partial charge in [0.25, 0.3) is 17.7 Å². The van der Waals surface area contributed by atoms with Crippen LogP contribution in [0.5, 0.6) is 0 Å². The molecular weight excluding hydrogens is 426 g/mol. The van der Waals surface area contributed by atoms with Crippen LogP contribution in [0.25, 0.3) is 0 Å². The van der Waals surface area contributed by atoms with Crippen LogP contribution in [0.15, 0.2) is 36.5 Å². The van der Waals surface area contributed by atoms with E-state index in [0.29, 0.717) is 18.7 Å². The summed E-state index contributed by atoms with van der Waals surface area (Å²) in [4.78, 5) is 66.4. The summed E-state index contributed by atoms with van der Waals surface area (Å²) in [7, 11) is 0. The van der Waals surface area contributed by atoms with E-state index in [0.717, 1.165) is 10.5 Å². The number of imide groups is 2. The number of piperidine rings is 1. The molecule has 10 heteroatoms. The molecule has 2 aliphatic heterocycles. The van der Waals surface area contributed by atoms with Gasteiger partial charge in [-0.2, -0.15) is 0 Å². The summed E-state index contributed by atoms with van der Waals surface area (Å²) in [5.41, 5.74) is 7.26. The third kappa shape index (κ3) is 4.19. The highest BCUT2D eigenvalue weighted by atomic mass is 16.2. The smallest absolute Gasteiger partial charge is 0.267 e. The highest BCUT2D eigenvalue weighted by molar-refractivity contribution is 6.25. The Kier molecular flexibility index (Phi) is 5.91. The van der Waals surface area contributed by atoms with Crippen LogP contribution in [0.4, 0.5) is 5.69 Å². The van der Waals surface area contributed by atoms with Gasteiger partial charge in [0.15, 0.2) is 0 Å². The van der Waals surface area contributed by atoms with Crippen molar-refractivity contribution in [2.45, 2.75) is 32.2 Å². The van der Waals surface area contributed by atoms with E-state index < -0.39 is 35.6 Å². The van der Waals surface area contributed by atoms with Gasteiger partial charge >= 0.3 is 0 Å². The second kappa shape index (κ2) is 8.81. The average Bonchev–Trinajstić information content (AvgIpc) is 3.03. The van der Waals surface area contributed by atoms with Gasteiger partial charge in [-0.25, -0.2) is 0 Å². The Morgan fingerprint density at radius 1 is 1.21 bits per heavy atom. The molecule has 1 aromatic carbocycles. The summed E-state index contributed by atoms with van der Waals surface area (Å²) in [6.07, 6.45) is 2.21. The second-order valence-electron chi connectivity index (χ2n) is 8.24. The number of nitrogens with zero attached hydrogens (tertiary/aromatic N) is 2. The topological polar surface area (TPSA) is 152 Å². The zero-order valence-corrected chi connectivity index (χ0v) is 18.0. The highest BCUT2D eigenvalue weighted by Gasteiger charge is 2.45. The van der Waals surface area contributed by atoms with Gasteiger partial charge in [-0.3, -0.25) is 39.2 Å². The van der Waals surface area contributed by atoms with E-state index in [2.05, 4.69) is 15.6 Å². The maximum Gasteiger partial charge on any atom is 0.267 e. The number of benzene rings is 1. The van der Waals surface area contributed by atoms with Crippen molar-refractivity contribution in [1.82, 2.24) is 15.2 Å². The number of aromatic nitrogens is 1. The van der Waals surface area contributed by atoms with Crippen molar-refractivity contribution >= 4 is 35.2 Å². The predicted molar refractivity (Wildman–Crippen MR) is 117 cm³/mol. The molecule has 170 valence electrons. The molecule has 2 aromatic rings. The Morgan fingerprint density at radius 3 is 2.73 bits per heavy atom. The summed E-state index contributed by atoms with van der Waals surface area (Å²) >= 11 is 0. The number of hydrogen-bond donors (Lipinski definition) is 3. The lowest BCUT2D eigenvalue weighted by Gasteiger charge is -2.27. The Morgan fingerprint density at radius 2 is 2.00 bits per heavy atom. The number of nitrogens with two attached hydrogens (primary N) is 1. The Bertz CT molecular complexity index is 1180. The molecular formula is C23H23N5O5. The first kappa shape index (κ1) is 22.1. The predicted octanol–water partition coefficient (Wildman–Crippen LogP) is 0.872. The number of rotatable bonds is 7. The summed E-state index contributed by atoms with van der Waals surface area (Å²) in [6, 6.07) is 7.43. The van der Waals surface area contributed by atoms with Crippen molar-refractivity contribution in [2.75, 3.05) is 11.9 Å². The molecule has 0 bridgehead atoms. The zero-order chi connectivity index (χ0) is 23.7. The van der Waals surface area contributed by atoms with Crippen LogP contribution in [-0.4, -0.2) is 52.0 Å². The van der Waals surface area contributed by atoms with Crippen molar-refractivity contribution in [3.63, 3.8) is 0 Å². The summed E-state index contributed by atoms with van der Waals surface area (Å²) in [5.74, 6) is -2.74. The van der Waals surface area contributed by atoms with Crippen LogP contribution in [-0.2, 0) is 16.0 Å². The molecule has 1 fully saturated rings. The maximum absolute atomic E-state index is 13.2. The van der Waals surface area contributed by atoms with E-state index in [1.807, 2.05) is 6.92 Å². The van der Waals surface area contributed by atoms with Crippen LogP contribution in [0.2, 0.25) is 0 Å². The molecule has 2 unspecified atom stereocenters. The molecule has 2 atom stereocenters. The lowest BCUT2D eigenvalue weighted by atomic mass is 9.99.